The molecule has 0 aromatic rings. The van der Waals surface area contributed by atoms with Crippen molar-refractivity contribution in [1.29, 1.82) is 0 Å². The molecular weight excluding hydrogens is 282 g/mol. The molecular formula is C10H21N7S2. The number of rotatable bonds is 7. The van der Waals surface area contributed by atoms with Crippen LogP contribution in [0.15, 0.2) is 20.7 Å². The van der Waals surface area contributed by atoms with E-state index in [1.807, 2.05) is 38.5 Å². The first-order valence-electron chi connectivity index (χ1n) is 6.42. The third kappa shape index (κ3) is 5.15. The van der Waals surface area contributed by atoms with Crippen LogP contribution in [-0.4, -0.2) is 59.4 Å². The highest BCUT2D eigenvalue weighted by molar-refractivity contribution is 8.76. The van der Waals surface area contributed by atoms with Gasteiger partial charge in [0.2, 0.25) is 0 Å². The third-order valence-corrected chi connectivity index (χ3v) is 5.07. The molecule has 2 unspecified atom stereocenters. The Morgan fingerprint density at radius 2 is 1.89 bits per heavy atom. The summed E-state index contributed by atoms with van der Waals surface area (Å²) < 4.78 is 0. The average molecular weight is 303 g/mol. The minimum Gasteiger partial charge on any atom is -0.304 e. The number of hydrogen-bond donors (Lipinski definition) is 1. The minimum atomic E-state index is -0.505. The molecule has 2 aliphatic rings. The molecule has 19 heavy (non-hydrogen) atoms. The standard InChI is InChI=1S/C10H21N7S2/c1-9-7-16(14-12-9)3-5-18-19-6-4-17-8-10(2,11)13-15-17/h9H,3-8,11H2,1-2H3. The van der Waals surface area contributed by atoms with Crippen molar-refractivity contribution in [3.63, 3.8) is 0 Å². The van der Waals surface area contributed by atoms with Gasteiger partial charge in [-0.2, -0.15) is 5.11 Å². The summed E-state index contributed by atoms with van der Waals surface area (Å²) in [6.45, 7) is 7.51. The average Bonchev–Trinajstić information content (AvgIpc) is 2.90. The smallest absolute Gasteiger partial charge is 0.147 e. The molecule has 0 radical (unpaired) electrons. The van der Waals surface area contributed by atoms with Crippen molar-refractivity contribution in [3.8, 4) is 0 Å². The number of hydrogen-bond acceptors (Lipinski definition) is 9. The fraction of sp³-hybridized carbons (Fsp3) is 1.00. The van der Waals surface area contributed by atoms with Crippen LogP contribution in [0.5, 0.6) is 0 Å². The Hall–Kier alpha value is -0.540. The third-order valence-electron chi connectivity index (χ3n) is 2.70. The lowest BCUT2D eigenvalue weighted by molar-refractivity contribution is 0.304. The molecule has 2 rings (SSSR count). The van der Waals surface area contributed by atoms with E-state index >= 15 is 0 Å². The second kappa shape index (κ2) is 6.76. The van der Waals surface area contributed by atoms with Crippen LogP contribution in [0.4, 0.5) is 0 Å². The first-order valence-corrected chi connectivity index (χ1v) is 8.91. The van der Waals surface area contributed by atoms with Gasteiger partial charge in [0.15, 0.2) is 0 Å². The Morgan fingerprint density at radius 1 is 1.21 bits per heavy atom. The molecule has 0 amide bonds. The van der Waals surface area contributed by atoms with E-state index in [-0.39, 0.29) is 0 Å². The van der Waals surface area contributed by atoms with Crippen LogP contribution in [0.3, 0.4) is 0 Å². The first kappa shape index (κ1) is 14.9. The zero-order valence-electron chi connectivity index (χ0n) is 11.4. The van der Waals surface area contributed by atoms with Crippen LogP contribution >= 0.6 is 21.6 Å². The zero-order valence-corrected chi connectivity index (χ0v) is 13.0. The lowest BCUT2D eigenvalue weighted by Gasteiger charge is -2.16. The molecule has 0 spiro atoms. The Kier molecular flexibility index (Phi) is 5.28. The first-order chi connectivity index (χ1) is 9.05. The maximum atomic E-state index is 5.86. The summed E-state index contributed by atoms with van der Waals surface area (Å²) in [6, 6.07) is 0.351. The second-order valence-electron chi connectivity index (χ2n) is 5.05. The van der Waals surface area contributed by atoms with Crippen molar-refractivity contribution in [2.24, 2.45) is 26.4 Å². The fourth-order valence-corrected chi connectivity index (χ4v) is 3.76. The van der Waals surface area contributed by atoms with E-state index in [1.54, 1.807) is 0 Å². The van der Waals surface area contributed by atoms with Crippen LogP contribution in [0, 0.1) is 0 Å². The summed E-state index contributed by atoms with van der Waals surface area (Å²) in [4.78, 5) is 0. The van der Waals surface area contributed by atoms with Gasteiger partial charge < -0.3 is 5.73 Å². The molecule has 2 atom stereocenters. The molecule has 0 saturated carbocycles. The summed E-state index contributed by atoms with van der Waals surface area (Å²) in [5.41, 5.74) is 5.36. The quantitative estimate of drug-likeness (QED) is 0.573. The van der Waals surface area contributed by atoms with Gasteiger partial charge in [-0.05, 0) is 13.8 Å². The van der Waals surface area contributed by atoms with Crippen molar-refractivity contribution in [3.05, 3.63) is 0 Å². The molecule has 0 fully saturated rings. The highest BCUT2D eigenvalue weighted by Crippen LogP contribution is 2.23. The number of nitrogens with two attached hydrogens (primary N) is 1. The number of nitrogens with zero attached hydrogens (tertiary/aromatic N) is 6. The van der Waals surface area contributed by atoms with E-state index in [0.29, 0.717) is 12.6 Å². The van der Waals surface area contributed by atoms with E-state index in [9.17, 15) is 0 Å². The molecule has 7 nitrogen and oxygen atoms in total. The van der Waals surface area contributed by atoms with Crippen molar-refractivity contribution in [2.45, 2.75) is 25.6 Å². The Morgan fingerprint density at radius 3 is 2.42 bits per heavy atom. The molecule has 0 bridgehead atoms. The summed E-state index contributed by atoms with van der Waals surface area (Å²) in [5.74, 6) is 2.09. The van der Waals surface area contributed by atoms with Crippen LogP contribution in [-0.2, 0) is 0 Å². The topological polar surface area (TPSA) is 81.9 Å². The monoisotopic (exact) mass is 303 g/mol. The predicted octanol–water partition coefficient (Wildman–Crippen LogP) is 1.80. The molecule has 2 heterocycles. The van der Waals surface area contributed by atoms with Crippen molar-refractivity contribution >= 4 is 21.6 Å². The van der Waals surface area contributed by atoms with E-state index in [4.69, 9.17) is 5.73 Å². The second-order valence-corrected chi connectivity index (χ2v) is 7.75. The van der Waals surface area contributed by atoms with Crippen LogP contribution in [0.2, 0.25) is 0 Å². The Bertz CT molecular complexity index is 347. The van der Waals surface area contributed by atoms with Gasteiger partial charge in [-0.3, -0.25) is 10.0 Å². The highest BCUT2D eigenvalue weighted by Gasteiger charge is 2.26. The predicted molar refractivity (Wildman–Crippen MR) is 79.8 cm³/mol. The largest absolute Gasteiger partial charge is 0.304 e. The molecule has 2 aliphatic heterocycles. The molecule has 0 saturated heterocycles. The van der Waals surface area contributed by atoms with Crippen molar-refractivity contribution < 1.29 is 0 Å². The summed E-state index contributed by atoms with van der Waals surface area (Å²) in [7, 11) is 3.73. The van der Waals surface area contributed by atoms with Crippen molar-refractivity contribution in [2.75, 3.05) is 37.7 Å². The van der Waals surface area contributed by atoms with Gasteiger partial charge in [0, 0.05) is 24.6 Å². The van der Waals surface area contributed by atoms with Gasteiger partial charge in [0.05, 0.1) is 19.1 Å². The van der Waals surface area contributed by atoms with Gasteiger partial charge in [0.25, 0.3) is 0 Å². The fourth-order valence-electron chi connectivity index (χ4n) is 1.80. The maximum Gasteiger partial charge on any atom is 0.147 e. The summed E-state index contributed by atoms with van der Waals surface area (Å²) >= 11 is 0. The zero-order chi connectivity index (χ0) is 13.7. The summed E-state index contributed by atoms with van der Waals surface area (Å²) in [6.07, 6.45) is 0. The SMILES string of the molecule is CC1CN(CCSSCCN2CC(C)(N)N=N2)N=N1. The molecule has 108 valence electrons. The van der Waals surface area contributed by atoms with Crippen LogP contribution in [0.25, 0.3) is 0 Å². The maximum absolute atomic E-state index is 5.86. The van der Waals surface area contributed by atoms with Gasteiger partial charge in [-0.25, -0.2) is 0 Å². The Labute approximate surface area is 121 Å². The van der Waals surface area contributed by atoms with Gasteiger partial charge >= 0.3 is 0 Å². The summed E-state index contributed by atoms with van der Waals surface area (Å²) in [5, 5.41) is 20.2. The van der Waals surface area contributed by atoms with Crippen molar-refractivity contribution in [1.82, 2.24) is 10.0 Å². The molecule has 9 heteroatoms. The Balaban J connectivity index is 1.45. The van der Waals surface area contributed by atoms with E-state index in [2.05, 4.69) is 27.6 Å². The molecule has 0 aliphatic carbocycles. The normalized spacial score (nSPS) is 29.7. The van der Waals surface area contributed by atoms with E-state index < -0.39 is 5.66 Å². The lowest BCUT2D eigenvalue weighted by Crippen LogP contribution is -2.39. The van der Waals surface area contributed by atoms with Crippen LogP contribution in [0.1, 0.15) is 13.8 Å². The van der Waals surface area contributed by atoms with E-state index in [1.165, 1.54) is 0 Å². The molecule has 0 aromatic carbocycles. The van der Waals surface area contributed by atoms with Crippen LogP contribution < -0.4 is 5.73 Å². The van der Waals surface area contributed by atoms with Gasteiger partial charge in [0.1, 0.15) is 5.66 Å². The van der Waals surface area contributed by atoms with Gasteiger partial charge in [-0.15, -0.1) is 5.11 Å². The van der Waals surface area contributed by atoms with Gasteiger partial charge in [-0.1, -0.05) is 32.0 Å². The molecule has 2 N–H and O–H groups in total. The lowest BCUT2D eigenvalue weighted by atomic mass is 10.2. The highest BCUT2D eigenvalue weighted by atomic mass is 33.1. The van der Waals surface area contributed by atoms with E-state index in [0.717, 1.165) is 31.1 Å². The molecule has 0 aromatic heterocycles. The minimum absolute atomic E-state index is 0.351.